The highest BCUT2D eigenvalue weighted by atomic mass is 16.2. The van der Waals surface area contributed by atoms with Crippen LogP contribution in [0.4, 0.5) is 0 Å². The van der Waals surface area contributed by atoms with Crippen LogP contribution in [0.2, 0.25) is 0 Å². The fourth-order valence-corrected chi connectivity index (χ4v) is 3.91. The molecule has 5 nitrogen and oxygen atoms in total. The average molecular weight is 348 g/mol. The lowest BCUT2D eigenvalue weighted by atomic mass is 9.91. The normalized spacial score (nSPS) is 18.0. The first-order chi connectivity index (χ1) is 12.7. The summed E-state index contributed by atoms with van der Waals surface area (Å²) in [6, 6.07) is 10.5. The number of likely N-dealkylation sites (tertiary alicyclic amines) is 1. The van der Waals surface area contributed by atoms with Gasteiger partial charge in [0.1, 0.15) is 5.69 Å². The van der Waals surface area contributed by atoms with Gasteiger partial charge in [-0.15, -0.1) is 0 Å². The monoisotopic (exact) mass is 348 g/mol. The van der Waals surface area contributed by atoms with Gasteiger partial charge in [0.15, 0.2) is 0 Å². The van der Waals surface area contributed by atoms with Crippen molar-refractivity contribution in [2.24, 2.45) is 13.0 Å². The van der Waals surface area contributed by atoms with E-state index >= 15 is 0 Å². The molecule has 1 atom stereocenters. The van der Waals surface area contributed by atoms with Gasteiger partial charge in [0, 0.05) is 37.9 Å². The molecule has 0 N–H and O–H groups in total. The number of aromatic nitrogens is 3. The number of hydrogen-bond donors (Lipinski definition) is 0. The van der Waals surface area contributed by atoms with Gasteiger partial charge < -0.3 is 9.47 Å². The first-order valence-electron chi connectivity index (χ1n) is 9.30. The van der Waals surface area contributed by atoms with Gasteiger partial charge >= 0.3 is 0 Å². The van der Waals surface area contributed by atoms with Crippen LogP contribution in [0.15, 0.2) is 49.1 Å². The Labute approximate surface area is 153 Å². The zero-order chi connectivity index (χ0) is 17.9. The molecule has 1 unspecified atom stereocenters. The van der Waals surface area contributed by atoms with Crippen LogP contribution in [0.25, 0.3) is 10.9 Å². The van der Waals surface area contributed by atoms with Crippen LogP contribution in [-0.4, -0.2) is 38.4 Å². The van der Waals surface area contributed by atoms with Crippen LogP contribution in [0.3, 0.4) is 0 Å². The lowest BCUT2D eigenvalue weighted by molar-refractivity contribution is 0.0754. The number of carbonyl (C=O) groups excluding carboxylic acids is 1. The SMILES string of the molecule is Cn1cnc(C(=O)N2CCCC(Cc3cccc4ncccc34)CC2)c1. The summed E-state index contributed by atoms with van der Waals surface area (Å²) in [6.07, 6.45) is 9.62. The Hall–Kier alpha value is -2.69. The molecule has 1 fully saturated rings. The van der Waals surface area contributed by atoms with E-state index in [-0.39, 0.29) is 5.91 Å². The lowest BCUT2D eigenvalue weighted by Gasteiger charge is -2.19. The maximum absolute atomic E-state index is 12.6. The Morgan fingerprint density at radius 3 is 2.92 bits per heavy atom. The minimum atomic E-state index is 0.0561. The van der Waals surface area contributed by atoms with E-state index in [0.29, 0.717) is 11.6 Å². The van der Waals surface area contributed by atoms with E-state index in [4.69, 9.17) is 0 Å². The summed E-state index contributed by atoms with van der Waals surface area (Å²) in [5.41, 5.74) is 2.97. The number of imidazole rings is 1. The number of amides is 1. The predicted octanol–water partition coefficient (Wildman–Crippen LogP) is 3.45. The maximum atomic E-state index is 12.6. The molecule has 1 aromatic carbocycles. The largest absolute Gasteiger partial charge is 0.340 e. The van der Waals surface area contributed by atoms with Crippen molar-refractivity contribution in [1.29, 1.82) is 0 Å². The van der Waals surface area contributed by atoms with Gasteiger partial charge in [-0.05, 0) is 49.3 Å². The second-order valence-corrected chi connectivity index (χ2v) is 7.20. The molecule has 0 radical (unpaired) electrons. The highest BCUT2D eigenvalue weighted by molar-refractivity contribution is 5.92. The van der Waals surface area contributed by atoms with Crippen molar-refractivity contribution in [3.05, 3.63) is 60.3 Å². The summed E-state index contributed by atoms with van der Waals surface area (Å²) < 4.78 is 1.82. The van der Waals surface area contributed by atoms with Crippen molar-refractivity contribution in [3.8, 4) is 0 Å². The second kappa shape index (κ2) is 7.28. The third kappa shape index (κ3) is 3.47. The van der Waals surface area contributed by atoms with E-state index in [1.807, 2.05) is 28.8 Å². The van der Waals surface area contributed by atoms with E-state index < -0.39 is 0 Å². The Kier molecular flexibility index (Phi) is 4.69. The highest BCUT2D eigenvalue weighted by Crippen LogP contribution is 2.26. The van der Waals surface area contributed by atoms with Gasteiger partial charge in [0.05, 0.1) is 11.8 Å². The molecule has 5 heteroatoms. The molecule has 1 aliphatic rings. The maximum Gasteiger partial charge on any atom is 0.274 e. The van der Waals surface area contributed by atoms with Crippen molar-refractivity contribution in [1.82, 2.24) is 19.4 Å². The summed E-state index contributed by atoms with van der Waals surface area (Å²) in [7, 11) is 1.89. The number of fused-ring (bicyclic) bond motifs is 1. The van der Waals surface area contributed by atoms with Crippen molar-refractivity contribution < 1.29 is 4.79 Å². The molecular weight excluding hydrogens is 324 g/mol. The van der Waals surface area contributed by atoms with Crippen molar-refractivity contribution >= 4 is 16.8 Å². The van der Waals surface area contributed by atoms with Gasteiger partial charge in [0.2, 0.25) is 0 Å². The van der Waals surface area contributed by atoms with Crippen LogP contribution in [0, 0.1) is 5.92 Å². The minimum Gasteiger partial charge on any atom is -0.340 e. The Bertz CT molecular complexity index is 912. The van der Waals surface area contributed by atoms with E-state index in [9.17, 15) is 4.79 Å². The lowest BCUT2D eigenvalue weighted by Crippen LogP contribution is -2.32. The van der Waals surface area contributed by atoms with Gasteiger partial charge in [0.25, 0.3) is 5.91 Å². The number of nitrogens with zero attached hydrogens (tertiary/aromatic N) is 4. The molecule has 0 aliphatic carbocycles. The molecule has 134 valence electrons. The smallest absolute Gasteiger partial charge is 0.274 e. The molecule has 0 saturated carbocycles. The molecule has 1 amide bonds. The van der Waals surface area contributed by atoms with Gasteiger partial charge in [-0.3, -0.25) is 9.78 Å². The summed E-state index contributed by atoms with van der Waals surface area (Å²) in [6.45, 7) is 1.63. The Balaban J connectivity index is 1.44. The Morgan fingerprint density at radius 1 is 1.15 bits per heavy atom. The van der Waals surface area contributed by atoms with Crippen LogP contribution in [0.1, 0.15) is 35.3 Å². The molecule has 0 spiro atoms. The quantitative estimate of drug-likeness (QED) is 0.728. The molecule has 1 aliphatic heterocycles. The fourth-order valence-electron chi connectivity index (χ4n) is 3.91. The number of benzene rings is 1. The molecule has 4 rings (SSSR count). The zero-order valence-corrected chi connectivity index (χ0v) is 15.1. The number of pyridine rings is 1. The predicted molar refractivity (Wildman–Crippen MR) is 102 cm³/mol. The molecule has 3 aromatic rings. The second-order valence-electron chi connectivity index (χ2n) is 7.20. The molecule has 0 bridgehead atoms. The summed E-state index contributed by atoms with van der Waals surface area (Å²) in [5, 5.41) is 1.25. The van der Waals surface area contributed by atoms with E-state index in [1.54, 1.807) is 12.5 Å². The average Bonchev–Trinajstić information content (AvgIpc) is 2.96. The Morgan fingerprint density at radius 2 is 2.08 bits per heavy atom. The number of carbonyl (C=O) groups is 1. The van der Waals surface area contributed by atoms with Crippen LogP contribution in [0.5, 0.6) is 0 Å². The number of aryl methyl sites for hydroxylation is 1. The van der Waals surface area contributed by atoms with Crippen LogP contribution in [-0.2, 0) is 13.5 Å². The minimum absolute atomic E-state index is 0.0561. The molecule has 3 heterocycles. The van der Waals surface area contributed by atoms with Crippen LogP contribution < -0.4 is 0 Å². The molecular formula is C21H24N4O. The van der Waals surface area contributed by atoms with E-state index in [0.717, 1.165) is 44.3 Å². The summed E-state index contributed by atoms with van der Waals surface area (Å²) >= 11 is 0. The topological polar surface area (TPSA) is 51.0 Å². The molecule has 26 heavy (non-hydrogen) atoms. The first-order valence-corrected chi connectivity index (χ1v) is 9.30. The van der Waals surface area contributed by atoms with Gasteiger partial charge in [-0.25, -0.2) is 4.98 Å². The molecule has 1 saturated heterocycles. The van der Waals surface area contributed by atoms with Crippen molar-refractivity contribution in [3.63, 3.8) is 0 Å². The fraction of sp³-hybridized carbons (Fsp3) is 0.381. The van der Waals surface area contributed by atoms with Crippen molar-refractivity contribution in [2.45, 2.75) is 25.7 Å². The number of rotatable bonds is 3. The first kappa shape index (κ1) is 16.8. The van der Waals surface area contributed by atoms with E-state index in [2.05, 4.69) is 34.2 Å². The number of hydrogen-bond acceptors (Lipinski definition) is 3. The van der Waals surface area contributed by atoms with Crippen molar-refractivity contribution in [2.75, 3.05) is 13.1 Å². The zero-order valence-electron chi connectivity index (χ0n) is 15.1. The summed E-state index contributed by atoms with van der Waals surface area (Å²) in [5.74, 6) is 0.656. The molecule has 2 aromatic heterocycles. The summed E-state index contributed by atoms with van der Waals surface area (Å²) in [4.78, 5) is 23.3. The third-order valence-electron chi connectivity index (χ3n) is 5.30. The van der Waals surface area contributed by atoms with Gasteiger partial charge in [-0.1, -0.05) is 18.2 Å². The highest BCUT2D eigenvalue weighted by Gasteiger charge is 2.23. The third-order valence-corrected chi connectivity index (χ3v) is 5.30. The standard InChI is InChI=1S/C21H24N4O/c1-24-14-20(23-15-24)21(26)25-11-4-5-16(9-12-25)13-17-6-2-8-19-18(17)7-3-10-22-19/h2-3,6-8,10,14-16H,4-5,9,11-13H2,1H3. The van der Waals surface area contributed by atoms with E-state index in [1.165, 1.54) is 10.9 Å². The van der Waals surface area contributed by atoms with Gasteiger partial charge in [-0.2, -0.15) is 0 Å². The van der Waals surface area contributed by atoms with Crippen LogP contribution >= 0.6 is 0 Å².